The molecule has 15 heavy (non-hydrogen) atoms. The first-order valence-corrected chi connectivity index (χ1v) is 5.41. The Hall–Kier alpha value is -0.900. The highest BCUT2D eigenvalue weighted by Gasteiger charge is 2.37. The highest BCUT2D eigenvalue weighted by molar-refractivity contribution is 5.21. The highest BCUT2D eigenvalue weighted by Crippen LogP contribution is 2.30. The molecule has 0 aliphatic carbocycles. The molecule has 1 fully saturated rings. The van der Waals surface area contributed by atoms with Crippen LogP contribution >= 0.6 is 0 Å². The van der Waals surface area contributed by atoms with Gasteiger partial charge in [0.15, 0.2) is 0 Å². The van der Waals surface area contributed by atoms with Crippen LogP contribution < -0.4 is 5.32 Å². The second-order valence-corrected chi connectivity index (χ2v) is 3.60. The summed E-state index contributed by atoms with van der Waals surface area (Å²) in [4.78, 5) is 0. The van der Waals surface area contributed by atoms with Gasteiger partial charge in [-0.05, 0) is 6.54 Å². The lowest BCUT2D eigenvalue weighted by Crippen LogP contribution is -2.39. The van der Waals surface area contributed by atoms with Crippen molar-refractivity contribution in [1.82, 2.24) is 5.32 Å². The van der Waals surface area contributed by atoms with Crippen molar-refractivity contribution in [2.45, 2.75) is 12.7 Å². The van der Waals surface area contributed by atoms with Gasteiger partial charge < -0.3 is 14.8 Å². The maximum Gasteiger partial charge on any atom is 0.207 e. The summed E-state index contributed by atoms with van der Waals surface area (Å²) in [6.45, 7) is 5.03. The molecule has 3 nitrogen and oxygen atoms in total. The van der Waals surface area contributed by atoms with Crippen LogP contribution in [0.15, 0.2) is 30.3 Å². The van der Waals surface area contributed by atoms with Gasteiger partial charge >= 0.3 is 0 Å². The molecule has 1 heterocycles. The summed E-state index contributed by atoms with van der Waals surface area (Å²) in [7, 11) is 0. The Morgan fingerprint density at radius 2 is 1.87 bits per heavy atom. The average molecular weight is 207 g/mol. The number of hydrogen-bond acceptors (Lipinski definition) is 3. The van der Waals surface area contributed by atoms with Crippen molar-refractivity contribution in [1.29, 1.82) is 0 Å². The third-order valence-electron chi connectivity index (χ3n) is 2.58. The van der Waals surface area contributed by atoms with Gasteiger partial charge in [0.2, 0.25) is 5.79 Å². The Balaban J connectivity index is 2.19. The molecule has 0 aromatic heterocycles. The van der Waals surface area contributed by atoms with Gasteiger partial charge in [-0.2, -0.15) is 0 Å². The number of hydrogen-bond donors (Lipinski definition) is 1. The van der Waals surface area contributed by atoms with Crippen molar-refractivity contribution in [2.75, 3.05) is 26.3 Å². The number of nitrogens with one attached hydrogen (secondary N) is 1. The van der Waals surface area contributed by atoms with Crippen LogP contribution in [-0.4, -0.2) is 26.3 Å². The molecule has 0 radical (unpaired) electrons. The first-order valence-electron chi connectivity index (χ1n) is 5.41. The lowest BCUT2D eigenvalue weighted by molar-refractivity contribution is -0.161. The van der Waals surface area contributed by atoms with Gasteiger partial charge in [0.05, 0.1) is 19.8 Å². The van der Waals surface area contributed by atoms with Crippen molar-refractivity contribution >= 4 is 0 Å². The summed E-state index contributed by atoms with van der Waals surface area (Å²) in [6, 6.07) is 10.1. The van der Waals surface area contributed by atoms with Gasteiger partial charge in [-0.25, -0.2) is 0 Å². The van der Waals surface area contributed by atoms with Crippen molar-refractivity contribution in [2.24, 2.45) is 0 Å². The Labute approximate surface area is 90.4 Å². The SMILES string of the molecule is CCNCC1(c2ccccc2)OCCO1. The molecule has 1 aromatic rings. The Morgan fingerprint density at radius 3 is 2.47 bits per heavy atom. The van der Waals surface area contributed by atoms with Crippen molar-refractivity contribution < 1.29 is 9.47 Å². The summed E-state index contributed by atoms with van der Waals surface area (Å²) in [5.74, 6) is -0.572. The van der Waals surface area contributed by atoms with E-state index in [9.17, 15) is 0 Å². The molecule has 1 saturated heterocycles. The molecule has 1 aliphatic heterocycles. The Morgan fingerprint density at radius 1 is 1.20 bits per heavy atom. The fourth-order valence-electron chi connectivity index (χ4n) is 1.81. The molecule has 2 rings (SSSR count). The zero-order valence-electron chi connectivity index (χ0n) is 9.03. The van der Waals surface area contributed by atoms with Crippen LogP contribution in [0.1, 0.15) is 12.5 Å². The molecule has 0 atom stereocenters. The lowest BCUT2D eigenvalue weighted by Gasteiger charge is -2.27. The Bertz CT molecular complexity index is 294. The van der Waals surface area contributed by atoms with Gasteiger partial charge in [-0.1, -0.05) is 37.3 Å². The molecule has 1 aliphatic rings. The summed E-state index contributed by atoms with van der Waals surface area (Å²) in [5.41, 5.74) is 1.09. The zero-order chi connectivity index (χ0) is 10.6. The summed E-state index contributed by atoms with van der Waals surface area (Å²) >= 11 is 0. The van der Waals surface area contributed by atoms with Gasteiger partial charge in [0.25, 0.3) is 0 Å². The molecule has 0 unspecified atom stereocenters. The second kappa shape index (κ2) is 4.75. The van der Waals surface area contributed by atoms with Gasteiger partial charge in [-0.15, -0.1) is 0 Å². The van der Waals surface area contributed by atoms with Crippen molar-refractivity contribution in [3.05, 3.63) is 35.9 Å². The van der Waals surface area contributed by atoms with Crippen LogP contribution in [0.5, 0.6) is 0 Å². The van der Waals surface area contributed by atoms with Gasteiger partial charge in [-0.3, -0.25) is 0 Å². The van der Waals surface area contributed by atoms with E-state index in [2.05, 4.69) is 12.2 Å². The number of rotatable bonds is 4. The molecule has 0 amide bonds. The van der Waals surface area contributed by atoms with Crippen LogP contribution in [-0.2, 0) is 15.3 Å². The quantitative estimate of drug-likeness (QED) is 0.811. The van der Waals surface area contributed by atoms with Gasteiger partial charge in [0.1, 0.15) is 0 Å². The fraction of sp³-hybridized carbons (Fsp3) is 0.500. The minimum atomic E-state index is -0.572. The summed E-state index contributed by atoms with van der Waals surface area (Å²) in [5, 5.41) is 3.28. The average Bonchev–Trinajstić information content (AvgIpc) is 2.78. The largest absolute Gasteiger partial charge is 0.342 e. The lowest BCUT2D eigenvalue weighted by atomic mass is 10.1. The third-order valence-corrected chi connectivity index (χ3v) is 2.58. The van der Waals surface area contributed by atoms with Crippen LogP contribution in [0.2, 0.25) is 0 Å². The predicted octanol–water partition coefficient (Wildman–Crippen LogP) is 1.50. The monoisotopic (exact) mass is 207 g/mol. The topological polar surface area (TPSA) is 30.5 Å². The van der Waals surface area contributed by atoms with Crippen LogP contribution in [0.3, 0.4) is 0 Å². The maximum atomic E-state index is 5.74. The van der Waals surface area contributed by atoms with Crippen molar-refractivity contribution in [3.63, 3.8) is 0 Å². The van der Waals surface area contributed by atoms with Crippen LogP contribution in [0.25, 0.3) is 0 Å². The van der Waals surface area contributed by atoms with E-state index in [1.165, 1.54) is 0 Å². The first-order chi connectivity index (χ1) is 7.37. The van der Waals surface area contributed by atoms with Crippen LogP contribution in [0.4, 0.5) is 0 Å². The predicted molar refractivity (Wildman–Crippen MR) is 58.6 cm³/mol. The minimum Gasteiger partial charge on any atom is -0.342 e. The summed E-state index contributed by atoms with van der Waals surface area (Å²) in [6.07, 6.45) is 0. The fourth-order valence-corrected chi connectivity index (χ4v) is 1.81. The maximum absolute atomic E-state index is 5.74. The van der Waals surface area contributed by atoms with E-state index in [4.69, 9.17) is 9.47 Å². The molecular formula is C12H17NO2. The molecular weight excluding hydrogens is 190 g/mol. The zero-order valence-corrected chi connectivity index (χ0v) is 9.03. The molecule has 0 spiro atoms. The normalized spacial score (nSPS) is 19.3. The first kappa shape index (κ1) is 10.6. The molecule has 1 aromatic carbocycles. The van der Waals surface area contributed by atoms with E-state index in [1.54, 1.807) is 0 Å². The van der Waals surface area contributed by atoms with E-state index >= 15 is 0 Å². The molecule has 0 bridgehead atoms. The number of benzene rings is 1. The van der Waals surface area contributed by atoms with Crippen LogP contribution in [0, 0.1) is 0 Å². The minimum absolute atomic E-state index is 0.572. The third kappa shape index (κ3) is 2.20. The van der Waals surface area contributed by atoms with E-state index in [1.807, 2.05) is 30.3 Å². The number of ether oxygens (including phenoxy) is 2. The smallest absolute Gasteiger partial charge is 0.207 e. The van der Waals surface area contributed by atoms with E-state index in [-0.39, 0.29) is 0 Å². The second-order valence-electron chi connectivity index (χ2n) is 3.60. The van der Waals surface area contributed by atoms with Gasteiger partial charge in [0, 0.05) is 5.56 Å². The molecule has 82 valence electrons. The van der Waals surface area contributed by atoms with E-state index in [0.29, 0.717) is 19.8 Å². The standard InChI is InChI=1S/C12H17NO2/c1-2-13-10-12(14-8-9-15-12)11-6-4-3-5-7-11/h3-7,13H,2,8-10H2,1H3. The van der Waals surface area contributed by atoms with E-state index in [0.717, 1.165) is 12.1 Å². The molecule has 1 N–H and O–H groups in total. The Kier molecular flexibility index (Phi) is 3.36. The molecule has 0 saturated carbocycles. The van der Waals surface area contributed by atoms with Crippen molar-refractivity contribution in [3.8, 4) is 0 Å². The summed E-state index contributed by atoms with van der Waals surface area (Å²) < 4.78 is 11.5. The molecule has 3 heteroatoms. The van der Waals surface area contributed by atoms with E-state index < -0.39 is 5.79 Å². The number of likely N-dealkylation sites (N-methyl/N-ethyl adjacent to an activating group) is 1. The highest BCUT2D eigenvalue weighted by atomic mass is 16.7.